The first-order chi connectivity index (χ1) is 5.02. The van der Waals surface area contributed by atoms with Crippen molar-refractivity contribution in [3.63, 3.8) is 0 Å². The molecule has 1 aliphatic rings. The highest BCUT2D eigenvalue weighted by Crippen LogP contribution is 2.14. The van der Waals surface area contributed by atoms with Crippen molar-refractivity contribution in [3.05, 3.63) is 22.9 Å². The fraction of sp³-hybridized carbons (Fsp3) is 0.200. The SMILES string of the molecule is O=S(=O)(O)C1=CNCC=C1O. The van der Waals surface area contributed by atoms with E-state index in [0.717, 1.165) is 6.20 Å². The summed E-state index contributed by atoms with van der Waals surface area (Å²) in [4.78, 5) is -0.497. The van der Waals surface area contributed by atoms with E-state index >= 15 is 0 Å². The molecular formula is C5H7NO4S. The lowest BCUT2D eigenvalue weighted by atomic mass is 10.3. The largest absolute Gasteiger partial charge is 0.507 e. The summed E-state index contributed by atoms with van der Waals surface area (Å²) >= 11 is 0. The van der Waals surface area contributed by atoms with Crippen LogP contribution >= 0.6 is 0 Å². The minimum Gasteiger partial charge on any atom is -0.507 e. The highest BCUT2D eigenvalue weighted by molar-refractivity contribution is 7.90. The molecule has 5 nitrogen and oxygen atoms in total. The Morgan fingerprint density at radius 3 is 2.55 bits per heavy atom. The van der Waals surface area contributed by atoms with Gasteiger partial charge in [-0.15, -0.1) is 0 Å². The molecule has 0 radical (unpaired) electrons. The van der Waals surface area contributed by atoms with Crippen LogP contribution in [-0.2, 0) is 10.1 Å². The predicted octanol–water partition coefficient (Wildman–Crippen LogP) is -0.239. The van der Waals surface area contributed by atoms with E-state index in [0.29, 0.717) is 6.54 Å². The Morgan fingerprint density at radius 2 is 2.18 bits per heavy atom. The van der Waals surface area contributed by atoms with Crippen molar-refractivity contribution < 1.29 is 18.1 Å². The average Bonchev–Trinajstić information content (AvgIpc) is 1.86. The van der Waals surface area contributed by atoms with Gasteiger partial charge in [-0.2, -0.15) is 8.42 Å². The fourth-order valence-corrected chi connectivity index (χ4v) is 1.27. The van der Waals surface area contributed by atoms with Crippen LogP contribution in [0.3, 0.4) is 0 Å². The lowest BCUT2D eigenvalue weighted by molar-refractivity contribution is 0.415. The zero-order valence-corrected chi connectivity index (χ0v) is 6.30. The van der Waals surface area contributed by atoms with Crippen LogP contribution in [0.25, 0.3) is 0 Å². The van der Waals surface area contributed by atoms with E-state index in [1.54, 1.807) is 0 Å². The molecule has 0 amide bonds. The van der Waals surface area contributed by atoms with E-state index in [1.165, 1.54) is 6.08 Å². The molecule has 0 aromatic carbocycles. The van der Waals surface area contributed by atoms with Gasteiger partial charge in [-0.3, -0.25) is 4.55 Å². The Labute approximate surface area is 63.8 Å². The molecule has 1 rings (SSSR count). The van der Waals surface area contributed by atoms with Gasteiger partial charge < -0.3 is 10.4 Å². The summed E-state index contributed by atoms with van der Waals surface area (Å²) in [6.07, 6.45) is 2.30. The third kappa shape index (κ3) is 1.72. The lowest BCUT2D eigenvalue weighted by Gasteiger charge is -2.08. The quantitative estimate of drug-likeness (QED) is 0.481. The number of aliphatic hydroxyl groups excluding tert-OH is 1. The van der Waals surface area contributed by atoms with Crippen LogP contribution in [0.1, 0.15) is 0 Å². The monoisotopic (exact) mass is 177 g/mol. The van der Waals surface area contributed by atoms with Gasteiger partial charge in [-0.25, -0.2) is 0 Å². The van der Waals surface area contributed by atoms with Crippen molar-refractivity contribution in [1.82, 2.24) is 5.32 Å². The van der Waals surface area contributed by atoms with Crippen LogP contribution in [0.5, 0.6) is 0 Å². The number of dihydropyridines is 1. The summed E-state index contributed by atoms with van der Waals surface area (Å²) in [6, 6.07) is 0. The van der Waals surface area contributed by atoms with Gasteiger partial charge in [0, 0.05) is 12.7 Å². The van der Waals surface area contributed by atoms with Gasteiger partial charge in [0.1, 0.15) is 5.76 Å². The van der Waals surface area contributed by atoms with Gasteiger partial charge in [-0.05, 0) is 6.08 Å². The van der Waals surface area contributed by atoms with Crippen LogP contribution in [-0.4, -0.2) is 24.6 Å². The second-order valence-corrected chi connectivity index (χ2v) is 3.37. The van der Waals surface area contributed by atoms with Crippen molar-refractivity contribution in [2.24, 2.45) is 0 Å². The molecule has 3 N–H and O–H groups in total. The zero-order chi connectivity index (χ0) is 8.48. The number of hydrogen-bond donors (Lipinski definition) is 3. The summed E-state index contributed by atoms with van der Waals surface area (Å²) in [6.45, 7) is 0.352. The zero-order valence-electron chi connectivity index (χ0n) is 5.48. The molecule has 0 fully saturated rings. The average molecular weight is 177 g/mol. The van der Waals surface area contributed by atoms with Gasteiger partial charge >= 0.3 is 0 Å². The third-order valence-electron chi connectivity index (χ3n) is 1.18. The second-order valence-electron chi connectivity index (χ2n) is 1.98. The van der Waals surface area contributed by atoms with Gasteiger partial charge in [0.25, 0.3) is 10.1 Å². The minimum atomic E-state index is -4.29. The Kier molecular flexibility index (Phi) is 1.88. The van der Waals surface area contributed by atoms with Crippen LogP contribution in [0.15, 0.2) is 22.9 Å². The van der Waals surface area contributed by atoms with Crippen molar-refractivity contribution in [1.29, 1.82) is 0 Å². The maximum atomic E-state index is 10.4. The molecule has 62 valence electrons. The molecule has 0 unspecified atom stereocenters. The molecule has 0 aromatic rings. The molecule has 0 saturated carbocycles. The molecule has 0 spiro atoms. The number of aliphatic hydroxyl groups is 1. The third-order valence-corrected chi connectivity index (χ3v) is 2.06. The molecule has 0 atom stereocenters. The maximum absolute atomic E-state index is 10.4. The van der Waals surface area contributed by atoms with Crippen molar-refractivity contribution >= 4 is 10.1 Å². The highest BCUT2D eigenvalue weighted by atomic mass is 32.2. The van der Waals surface area contributed by atoms with E-state index in [9.17, 15) is 8.42 Å². The van der Waals surface area contributed by atoms with Crippen molar-refractivity contribution in [2.75, 3.05) is 6.54 Å². The van der Waals surface area contributed by atoms with Gasteiger partial charge in [0.15, 0.2) is 4.91 Å². The normalized spacial score (nSPS) is 18.3. The first-order valence-electron chi connectivity index (χ1n) is 2.82. The molecule has 1 heterocycles. The fourth-order valence-electron chi connectivity index (χ4n) is 0.688. The minimum absolute atomic E-state index is 0.352. The van der Waals surface area contributed by atoms with Crippen LogP contribution in [0.4, 0.5) is 0 Å². The Bertz CT molecular complexity index is 313. The maximum Gasteiger partial charge on any atom is 0.299 e. The molecule has 0 bridgehead atoms. The Morgan fingerprint density at radius 1 is 1.55 bits per heavy atom. The van der Waals surface area contributed by atoms with Crippen LogP contribution in [0, 0.1) is 0 Å². The number of hydrogen-bond acceptors (Lipinski definition) is 4. The molecule has 6 heteroatoms. The van der Waals surface area contributed by atoms with Crippen molar-refractivity contribution in [2.45, 2.75) is 0 Å². The number of nitrogens with one attached hydrogen (secondary N) is 1. The van der Waals surface area contributed by atoms with Crippen LogP contribution < -0.4 is 5.32 Å². The molecular weight excluding hydrogens is 170 g/mol. The Hall–Kier alpha value is -1.01. The second kappa shape index (κ2) is 2.55. The van der Waals surface area contributed by atoms with Crippen molar-refractivity contribution in [3.8, 4) is 0 Å². The van der Waals surface area contributed by atoms with E-state index in [2.05, 4.69) is 5.32 Å². The topological polar surface area (TPSA) is 86.6 Å². The molecule has 1 aliphatic heterocycles. The molecule has 0 aromatic heterocycles. The Balaban J connectivity index is 3.07. The summed E-state index contributed by atoms with van der Waals surface area (Å²) in [5.74, 6) is -0.425. The van der Waals surface area contributed by atoms with Gasteiger partial charge in [0.2, 0.25) is 0 Å². The summed E-state index contributed by atoms with van der Waals surface area (Å²) in [5, 5.41) is 11.5. The van der Waals surface area contributed by atoms with Gasteiger partial charge in [0.05, 0.1) is 0 Å². The lowest BCUT2D eigenvalue weighted by Crippen LogP contribution is -2.17. The number of rotatable bonds is 1. The highest BCUT2D eigenvalue weighted by Gasteiger charge is 2.19. The summed E-state index contributed by atoms with van der Waals surface area (Å²) < 4.78 is 29.4. The molecule has 0 aliphatic carbocycles. The first kappa shape index (κ1) is 8.09. The summed E-state index contributed by atoms with van der Waals surface area (Å²) in [7, 11) is -4.29. The van der Waals surface area contributed by atoms with E-state index in [-0.39, 0.29) is 0 Å². The summed E-state index contributed by atoms with van der Waals surface area (Å²) in [5.41, 5.74) is 0. The molecule has 0 saturated heterocycles. The van der Waals surface area contributed by atoms with Gasteiger partial charge in [-0.1, -0.05) is 0 Å². The molecule has 11 heavy (non-hydrogen) atoms. The predicted molar refractivity (Wildman–Crippen MR) is 38.3 cm³/mol. The first-order valence-corrected chi connectivity index (χ1v) is 4.26. The standard InChI is InChI=1S/C5H7NO4S/c7-4-1-2-6-3-5(4)11(8,9)10/h1,3,6-7H,2H2,(H,8,9,10). The van der Waals surface area contributed by atoms with E-state index in [1.807, 2.05) is 0 Å². The van der Waals surface area contributed by atoms with Crippen LogP contribution in [0.2, 0.25) is 0 Å². The van der Waals surface area contributed by atoms with E-state index < -0.39 is 20.8 Å². The van der Waals surface area contributed by atoms with E-state index in [4.69, 9.17) is 9.66 Å². The smallest absolute Gasteiger partial charge is 0.299 e.